The summed E-state index contributed by atoms with van der Waals surface area (Å²) in [5.41, 5.74) is 0. The summed E-state index contributed by atoms with van der Waals surface area (Å²) in [5, 5.41) is 3.50. The fraction of sp³-hybridized carbons (Fsp3) is 1.00. The van der Waals surface area contributed by atoms with E-state index in [2.05, 4.69) is 19.2 Å². The minimum atomic E-state index is 0.447. The molecule has 1 rings (SSSR count). The van der Waals surface area contributed by atoms with Crippen LogP contribution < -0.4 is 5.32 Å². The van der Waals surface area contributed by atoms with Gasteiger partial charge in [0.15, 0.2) is 0 Å². The zero-order chi connectivity index (χ0) is 9.68. The molecule has 2 unspecified atom stereocenters. The molecule has 1 fully saturated rings. The van der Waals surface area contributed by atoms with Gasteiger partial charge in [-0.2, -0.15) is 0 Å². The van der Waals surface area contributed by atoms with Crippen LogP contribution in [0.2, 0.25) is 0 Å². The zero-order valence-corrected chi connectivity index (χ0v) is 9.31. The van der Waals surface area contributed by atoms with Gasteiger partial charge in [0.1, 0.15) is 0 Å². The molecule has 78 valence electrons. The van der Waals surface area contributed by atoms with Crippen LogP contribution in [0.25, 0.3) is 0 Å². The molecule has 1 aliphatic rings. The molecule has 0 aliphatic carbocycles. The summed E-state index contributed by atoms with van der Waals surface area (Å²) in [6, 6.07) is 0.447. The van der Waals surface area contributed by atoms with Gasteiger partial charge >= 0.3 is 0 Å². The highest BCUT2D eigenvalue weighted by Gasteiger charge is 2.18. The fourth-order valence-electron chi connectivity index (χ4n) is 1.53. The summed E-state index contributed by atoms with van der Waals surface area (Å²) in [6.07, 6.45) is 1.19. The molecule has 13 heavy (non-hydrogen) atoms. The number of hydrogen-bond donors (Lipinski definition) is 1. The lowest BCUT2D eigenvalue weighted by atomic mass is 10.0. The van der Waals surface area contributed by atoms with Crippen molar-refractivity contribution in [1.29, 1.82) is 0 Å². The second-order valence-electron chi connectivity index (χ2n) is 4.14. The predicted octanol–water partition coefficient (Wildman–Crippen LogP) is 1.88. The van der Waals surface area contributed by atoms with Crippen LogP contribution in [0.15, 0.2) is 0 Å². The van der Waals surface area contributed by atoms with Crippen molar-refractivity contribution in [2.45, 2.75) is 26.3 Å². The molecule has 0 amide bonds. The molecule has 0 aromatic carbocycles. The third-order valence-electron chi connectivity index (χ3n) is 2.66. The van der Waals surface area contributed by atoms with Crippen LogP contribution in [0, 0.1) is 11.8 Å². The van der Waals surface area contributed by atoms with E-state index >= 15 is 0 Å². The molecular weight excluding hydrogens is 186 g/mol. The largest absolute Gasteiger partial charge is 0.381 e. The van der Waals surface area contributed by atoms with Gasteiger partial charge in [0.25, 0.3) is 0 Å². The summed E-state index contributed by atoms with van der Waals surface area (Å²) in [6.45, 7) is 7.30. The summed E-state index contributed by atoms with van der Waals surface area (Å²) >= 11 is 5.85. The maximum Gasteiger partial charge on any atom is 0.0507 e. The monoisotopic (exact) mass is 205 g/mol. The van der Waals surface area contributed by atoms with Gasteiger partial charge in [-0.15, -0.1) is 11.6 Å². The molecule has 0 radical (unpaired) electrons. The standard InChI is InChI=1S/C10H20ClNO/c1-8(2)10(5-11)12-6-9-3-4-13-7-9/h8-10,12H,3-7H2,1-2H3. The predicted molar refractivity (Wildman–Crippen MR) is 56.3 cm³/mol. The van der Waals surface area contributed by atoms with Crippen LogP contribution >= 0.6 is 11.6 Å². The van der Waals surface area contributed by atoms with Crippen molar-refractivity contribution < 1.29 is 4.74 Å². The molecule has 1 saturated heterocycles. The highest BCUT2D eigenvalue weighted by Crippen LogP contribution is 2.12. The summed E-state index contributed by atoms with van der Waals surface area (Å²) in [5.74, 6) is 2.01. The van der Waals surface area contributed by atoms with E-state index in [-0.39, 0.29) is 0 Å². The van der Waals surface area contributed by atoms with Crippen LogP contribution in [0.1, 0.15) is 20.3 Å². The lowest BCUT2D eigenvalue weighted by Crippen LogP contribution is -2.38. The van der Waals surface area contributed by atoms with Gasteiger partial charge in [0, 0.05) is 25.1 Å². The van der Waals surface area contributed by atoms with Gasteiger partial charge in [0.2, 0.25) is 0 Å². The van der Waals surface area contributed by atoms with E-state index in [1.165, 1.54) is 6.42 Å². The first-order chi connectivity index (χ1) is 6.24. The van der Waals surface area contributed by atoms with Gasteiger partial charge in [-0.25, -0.2) is 0 Å². The smallest absolute Gasteiger partial charge is 0.0507 e. The maximum absolute atomic E-state index is 5.85. The molecule has 1 heterocycles. The Hall–Kier alpha value is 0.210. The van der Waals surface area contributed by atoms with Crippen molar-refractivity contribution in [2.75, 3.05) is 25.6 Å². The topological polar surface area (TPSA) is 21.3 Å². The Morgan fingerprint density at radius 3 is 2.77 bits per heavy atom. The average Bonchev–Trinajstić information content (AvgIpc) is 2.57. The molecule has 0 spiro atoms. The van der Waals surface area contributed by atoms with E-state index in [1.807, 2.05) is 0 Å². The first kappa shape index (κ1) is 11.3. The first-order valence-electron chi connectivity index (χ1n) is 5.11. The molecule has 3 heteroatoms. The minimum absolute atomic E-state index is 0.447. The number of nitrogens with one attached hydrogen (secondary N) is 1. The van der Waals surface area contributed by atoms with E-state index in [4.69, 9.17) is 16.3 Å². The van der Waals surface area contributed by atoms with Crippen LogP contribution in [0.4, 0.5) is 0 Å². The minimum Gasteiger partial charge on any atom is -0.381 e. The normalized spacial score (nSPS) is 25.4. The molecule has 0 saturated carbocycles. The number of halogens is 1. The molecular formula is C10H20ClNO. The Bertz CT molecular complexity index is 135. The second-order valence-corrected chi connectivity index (χ2v) is 4.45. The van der Waals surface area contributed by atoms with E-state index < -0.39 is 0 Å². The number of ether oxygens (including phenoxy) is 1. The number of hydrogen-bond acceptors (Lipinski definition) is 2. The maximum atomic E-state index is 5.85. The Morgan fingerprint density at radius 1 is 1.54 bits per heavy atom. The van der Waals surface area contributed by atoms with Crippen molar-refractivity contribution in [1.82, 2.24) is 5.32 Å². The van der Waals surface area contributed by atoms with E-state index in [9.17, 15) is 0 Å². The molecule has 0 aromatic rings. The second kappa shape index (κ2) is 5.84. The van der Waals surface area contributed by atoms with Gasteiger partial charge < -0.3 is 10.1 Å². The Kier molecular flexibility index (Phi) is 5.07. The molecule has 0 aromatic heterocycles. The Balaban J connectivity index is 2.15. The molecule has 0 bridgehead atoms. The van der Waals surface area contributed by atoms with Gasteiger partial charge in [-0.1, -0.05) is 13.8 Å². The van der Waals surface area contributed by atoms with E-state index in [0.29, 0.717) is 23.8 Å². The SMILES string of the molecule is CC(C)C(CCl)NCC1CCOC1. The molecule has 2 atom stereocenters. The van der Waals surface area contributed by atoms with Crippen LogP contribution in [0.5, 0.6) is 0 Å². The fourth-order valence-corrected chi connectivity index (χ4v) is 2.00. The lowest BCUT2D eigenvalue weighted by Gasteiger charge is -2.21. The molecule has 2 nitrogen and oxygen atoms in total. The summed E-state index contributed by atoms with van der Waals surface area (Å²) in [4.78, 5) is 0. The molecule has 1 aliphatic heterocycles. The highest BCUT2D eigenvalue weighted by atomic mass is 35.5. The lowest BCUT2D eigenvalue weighted by molar-refractivity contribution is 0.184. The van der Waals surface area contributed by atoms with Gasteiger partial charge in [0.05, 0.1) is 6.61 Å². The van der Waals surface area contributed by atoms with Crippen molar-refractivity contribution in [3.05, 3.63) is 0 Å². The first-order valence-corrected chi connectivity index (χ1v) is 5.64. The zero-order valence-electron chi connectivity index (χ0n) is 8.55. The van der Waals surface area contributed by atoms with Crippen molar-refractivity contribution in [3.63, 3.8) is 0 Å². The number of rotatable bonds is 5. The van der Waals surface area contributed by atoms with Crippen molar-refractivity contribution >= 4 is 11.6 Å². The average molecular weight is 206 g/mol. The quantitative estimate of drug-likeness (QED) is 0.693. The Morgan fingerprint density at radius 2 is 2.31 bits per heavy atom. The number of alkyl halides is 1. The highest BCUT2D eigenvalue weighted by molar-refractivity contribution is 6.18. The summed E-state index contributed by atoms with van der Waals surface area (Å²) < 4.78 is 5.31. The molecule has 1 N–H and O–H groups in total. The third kappa shape index (κ3) is 3.84. The van der Waals surface area contributed by atoms with Crippen LogP contribution in [-0.4, -0.2) is 31.7 Å². The third-order valence-corrected chi connectivity index (χ3v) is 3.00. The van der Waals surface area contributed by atoms with Crippen LogP contribution in [0.3, 0.4) is 0 Å². The van der Waals surface area contributed by atoms with Crippen molar-refractivity contribution in [3.8, 4) is 0 Å². The van der Waals surface area contributed by atoms with Gasteiger partial charge in [-0.3, -0.25) is 0 Å². The summed E-state index contributed by atoms with van der Waals surface area (Å²) in [7, 11) is 0. The van der Waals surface area contributed by atoms with Crippen molar-refractivity contribution in [2.24, 2.45) is 11.8 Å². The van der Waals surface area contributed by atoms with Gasteiger partial charge in [-0.05, 0) is 18.3 Å². The van der Waals surface area contributed by atoms with E-state index in [1.54, 1.807) is 0 Å². The Labute approximate surface area is 86.0 Å². The van der Waals surface area contributed by atoms with Crippen LogP contribution in [-0.2, 0) is 4.74 Å². The van der Waals surface area contributed by atoms with E-state index in [0.717, 1.165) is 19.8 Å².